The lowest BCUT2D eigenvalue weighted by atomic mass is 9.79. The quantitative estimate of drug-likeness (QED) is 0.562. The van der Waals surface area contributed by atoms with Gasteiger partial charge in [-0.2, -0.15) is 0 Å². The van der Waals surface area contributed by atoms with Crippen molar-refractivity contribution >= 4 is 0 Å². The maximum absolute atomic E-state index is 5.36. The minimum atomic E-state index is 0.559. The third kappa shape index (κ3) is 1.18. The molecule has 1 unspecified atom stereocenters. The van der Waals surface area contributed by atoms with Crippen molar-refractivity contribution in [1.29, 1.82) is 0 Å². The second-order valence-electron chi connectivity index (χ2n) is 4.27. The number of likely N-dealkylation sites (tertiary alicyclic amines) is 1. The van der Waals surface area contributed by atoms with Crippen LogP contribution < -0.4 is 0 Å². The van der Waals surface area contributed by atoms with Crippen molar-refractivity contribution in [3.8, 4) is 0 Å². The summed E-state index contributed by atoms with van der Waals surface area (Å²) in [6.45, 7) is 2.60. The average molecular weight is 155 g/mol. The van der Waals surface area contributed by atoms with Gasteiger partial charge in [0.15, 0.2) is 0 Å². The van der Waals surface area contributed by atoms with Crippen molar-refractivity contribution in [2.75, 3.05) is 27.2 Å². The molecular formula is C9H17NO. The first-order valence-corrected chi connectivity index (χ1v) is 4.45. The third-order valence-electron chi connectivity index (χ3n) is 3.20. The van der Waals surface area contributed by atoms with Crippen molar-refractivity contribution < 1.29 is 4.74 Å². The summed E-state index contributed by atoms with van der Waals surface area (Å²) in [6, 6.07) is 0. The summed E-state index contributed by atoms with van der Waals surface area (Å²) < 4.78 is 5.36. The highest BCUT2D eigenvalue weighted by atomic mass is 16.5. The molecule has 0 aromatic rings. The maximum atomic E-state index is 5.36. The lowest BCUT2D eigenvalue weighted by Crippen LogP contribution is -2.52. The number of ether oxygens (including phenoxy) is 1. The Morgan fingerprint density at radius 3 is 2.64 bits per heavy atom. The van der Waals surface area contributed by atoms with Crippen LogP contribution in [0, 0.1) is 5.41 Å². The molecule has 2 nitrogen and oxygen atoms in total. The molecule has 11 heavy (non-hydrogen) atoms. The van der Waals surface area contributed by atoms with E-state index in [1.807, 2.05) is 7.11 Å². The normalized spacial score (nSPS) is 36.0. The minimum absolute atomic E-state index is 0.559. The molecule has 1 aliphatic heterocycles. The maximum Gasteiger partial charge on any atom is 0.0577 e. The van der Waals surface area contributed by atoms with E-state index in [9.17, 15) is 0 Å². The lowest BCUT2D eigenvalue weighted by molar-refractivity contribution is 0.00931. The number of nitrogens with zero attached hydrogens (tertiary/aromatic N) is 1. The van der Waals surface area contributed by atoms with Crippen LogP contribution in [0.5, 0.6) is 0 Å². The van der Waals surface area contributed by atoms with Crippen LogP contribution in [0.4, 0.5) is 0 Å². The van der Waals surface area contributed by atoms with Crippen LogP contribution >= 0.6 is 0 Å². The molecule has 1 saturated carbocycles. The Bertz CT molecular complexity index is 152. The summed E-state index contributed by atoms with van der Waals surface area (Å²) >= 11 is 0. The first-order chi connectivity index (χ1) is 5.24. The van der Waals surface area contributed by atoms with Crippen molar-refractivity contribution in [1.82, 2.24) is 4.90 Å². The van der Waals surface area contributed by atoms with Crippen LogP contribution in [0.25, 0.3) is 0 Å². The van der Waals surface area contributed by atoms with Gasteiger partial charge in [0.1, 0.15) is 0 Å². The van der Waals surface area contributed by atoms with E-state index >= 15 is 0 Å². The zero-order valence-corrected chi connectivity index (χ0v) is 7.47. The van der Waals surface area contributed by atoms with E-state index in [0.29, 0.717) is 11.5 Å². The molecule has 1 aliphatic carbocycles. The molecule has 0 aromatic carbocycles. The molecule has 64 valence electrons. The van der Waals surface area contributed by atoms with Crippen LogP contribution in [0.15, 0.2) is 0 Å². The Kier molecular flexibility index (Phi) is 1.69. The predicted molar refractivity (Wildman–Crippen MR) is 44.6 cm³/mol. The summed E-state index contributed by atoms with van der Waals surface area (Å²) in [4.78, 5) is 2.40. The fourth-order valence-corrected chi connectivity index (χ4v) is 2.74. The van der Waals surface area contributed by atoms with Crippen molar-refractivity contribution in [3.05, 3.63) is 0 Å². The first-order valence-electron chi connectivity index (χ1n) is 4.45. The van der Waals surface area contributed by atoms with Crippen molar-refractivity contribution in [2.45, 2.75) is 25.4 Å². The van der Waals surface area contributed by atoms with Crippen molar-refractivity contribution in [2.24, 2.45) is 5.41 Å². The van der Waals surface area contributed by atoms with Gasteiger partial charge >= 0.3 is 0 Å². The second kappa shape index (κ2) is 2.46. The first kappa shape index (κ1) is 7.56. The molecule has 2 rings (SSSR count). The Labute approximate surface area is 68.5 Å². The molecular weight excluding hydrogens is 138 g/mol. The molecule has 1 spiro atoms. The van der Waals surface area contributed by atoms with E-state index in [4.69, 9.17) is 4.74 Å². The fourth-order valence-electron chi connectivity index (χ4n) is 2.74. The van der Waals surface area contributed by atoms with E-state index in [-0.39, 0.29) is 0 Å². The molecule has 2 fully saturated rings. The summed E-state index contributed by atoms with van der Waals surface area (Å²) in [5.41, 5.74) is 0.662. The number of hydrogen-bond donors (Lipinski definition) is 0. The van der Waals surface area contributed by atoms with Crippen molar-refractivity contribution in [3.63, 3.8) is 0 Å². The van der Waals surface area contributed by atoms with Gasteiger partial charge in [-0.15, -0.1) is 0 Å². The predicted octanol–water partition coefficient (Wildman–Crippen LogP) is 1.12. The van der Waals surface area contributed by atoms with Gasteiger partial charge in [0.2, 0.25) is 0 Å². The molecule has 2 aliphatic rings. The zero-order valence-electron chi connectivity index (χ0n) is 7.47. The monoisotopic (exact) mass is 155 g/mol. The third-order valence-corrected chi connectivity index (χ3v) is 3.20. The fraction of sp³-hybridized carbons (Fsp3) is 1.00. The summed E-state index contributed by atoms with van der Waals surface area (Å²) in [6.07, 6.45) is 4.53. The van der Waals surface area contributed by atoms with Gasteiger partial charge in [0.25, 0.3) is 0 Å². The molecule has 0 N–H and O–H groups in total. The minimum Gasteiger partial charge on any atom is -0.381 e. The summed E-state index contributed by atoms with van der Waals surface area (Å²) in [5, 5.41) is 0. The Hall–Kier alpha value is -0.0800. The van der Waals surface area contributed by atoms with E-state index in [0.717, 1.165) is 0 Å². The topological polar surface area (TPSA) is 12.5 Å². The average Bonchev–Trinajstić information content (AvgIpc) is 2.31. The Morgan fingerprint density at radius 2 is 2.18 bits per heavy atom. The van der Waals surface area contributed by atoms with Crippen LogP contribution in [0.3, 0.4) is 0 Å². The molecule has 1 saturated heterocycles. The molecule has 1 heterocycles. The standard InChI is InChI=1S/C9H17NO/c1-10-6-9(7-10)4-3-8(5-9)11-2/h8H,3-7H2,1-2H3. The lowest BCUT2D eigenvalue weighted by Gasteiger charge is -2.46. The number of rotatable bonds is 1. The molecule has 2 heteroatoms. The highest BCUT2D eigenvalue weighted by Crippen LogP contribution is 2.45. The van der Waals surface area contributed by atoms with Gasteiger partial charge in [-0.05, 0) is 31.7 Å². The van der Waals surface area contributed by atoms with Crippen LogP contribution in [0.1, 0.15) is 19.3 Å². The largest absolute Gasteiger partial charge is 0.381 e. The molecule has 0 bridgehead atoms. The highest BCUT2D eigenvalue weighted by molar-refractivity contribution is 4.99. The van der Waals surface area contributed by atoms with E-state index in [1.54, 1.807) is 0 Å². The SMILES string of the molecule is COC1CCC2(C1)CN(C)C2. The molecule has 1 atom stereocenters. The zero-order chi connectivity index (χ0) is 7.90. The highest BCUT2D eigenvalue weighted by Gasteiger charge is 2.46. The van der Waals surface area contributed by atoms with Crippen LogP contribution in [0.2, 0.25) is 0 Å². The van der Waals surface area contributed by atoms with Gasteiger partial charge in [-0.3, -0.25) is 0 Å². The molecule has 0 aromatic heterocycles. The van der Waals surface area contributed by atoms with Crippen LogP contribution in [-0.2, 0) is 4.74 Å². The number of methoxy groups -OCH3 is 1. The summed E-state index contributed by atoms with van der Waals surface area (Å²) in [7, 11) is 4.04. The molecule has 0 radical (unpaired) electrons. The van der Waals surface area contributed by atoms with E-state index in [1.165, 1.54) is 32.4 Å². The smallest absolute Gasteiger partial charge is 0.0577 e. The Morgan fingerprint density at radius 1 is 1.45 bits per heavy atom. The van der Waals surface area contributed by atoms with Gasteiger partial charge in [-0.25, -0.2) is 0 Å². The van der Waals surface area contributed by atoms with E-state index < -0.39 is 0 Å². The second-order valence-corrected chi connectivity index (χ2v) is 4.27. The van der Waals surface area contributed by atoms with Gasteiger partial charge in [0, 0.05) is 20.2 Å². The van der Waals surface area contributed by atoms with Gasteiger partial charge < -0.3 is 9.64 Å². The van der Waals surface area contributed by atoms with E-state index in [2.05, 4.69) is 11.9 Å². The van der Waals surface area contributed by atoms with Gasteiger partial charge in [-0.1, -0.05) is 0 Å². The molecule has 0 amide bonds. The number of hydrogen-bond acceptors (Lipinski definition) is 2. The summed E-state index contributed by atoms with van der Waals surface area (Å²) in [5.74, 6) is 0. The van der Waals surface area contributed by atoms with Crippen LogP contribution in [-0.4, -0.2) is 38.3 Å². The Balaban J connectivity index is 1.89. The van der Waals surface area contributed by atoms with Gasteiger partial charge in [0.05, 0.1) is 6.10 Å².